The number of carbonyl (C=O) groups excluding carboxylic acids is 2. The summed E-state index contributed by atoms with van der Waals surface area (Å²) in [5.74, 6) is -0.673. The molecule has 1 aromatic heterocycles. The average Bonchev–Trinajstić information content (AvgIpc) is 2.53. The van der Waals surface area contributed by atoms with E-state index in [2.05, 4.69) is 10.3 Å². The van der Waals surface area contributed by atoms with Crippen LogP contribution in [0.3, 0.4) is 0 Å². The number of rotatable bonds is 2. The second kappa shape index (κ2) is 5.49. The van der Waals surface area contributed by atoms with E-state index in [9.17, 15) is 9.59 Å². The highest BCUT2D eigenvalue weighted by Crippen LogP contribution is 2.19. The minimum atomic E-state index is -0.613. The summed E-state index contributed by atoms with van der Waals surface area (Å²) in [7, 11) is 0. The molecule has 1 aliphatic heterocycles. The lowest BCUT2D eigenvalue weighted by molar-refractivity contribution is -0.122. The molecular formula is C15H16N4O2. The molecule has 1 unspecified atom stereocenters. The molecule has 3 N–H and O–H groups in total. The van der Waals surface area contributed by atoms with E-state index >= 15 is 0 Å². The summed E-state index contributed by atoms with van der Waals surface area (Å²) < 4.78 is 0. The molecule has 1 saturated heterocycles. The third kappa shape index (κ3) is 2.45. The second-order valence-electron chi connectivity index (χ2n) is 5.00. The molecule has 0 bridgehead atoms. The van der Waals surface area contributed by atoms with Crippen LogP contribution < -0.4 is 11.1 Å². The Morgan fingerprint density at radius 2 is 2.10 bits per heavy atom. The number of piperazine rings is 1. The van der Waals surface area contributed by atoms with Crippen LogP contribution in [-0.4, -0.2) is 47.4 Å². The first kappa shape index (κ1) is 13.5. The maximum absolute atomic E-state index is 12.8. The van der Waals surface area contributed by atoms with Crippen LogP contribution in [0, 0.1) is 0 Å². The van der Waals surface area contributed by atoms with Gasteiger partial charge in [-0.25, -0.2) is 0 Å². The molecule has 108 valence electrons. The van der Waals surface area contributed by atoms with Crippen molar-refractivity contribution < 1.29 is 9.59 Å². The van der Waals surface area contributed by atoms with Gasteiger partial charge < -0.3 is 16.0 Å². The van der Waals surface area contributed by atoms with Gasteiger partial charge in [-0.15, -0.1) is 0 Å². The smallest absolute Gasteiger partial charge is 0.255 e. The first-order chi connectivity index (χ1) is 10.2. The van der Waals surface area contributed by atoms with Crippen molar-refractivity contribution in [2.75, 3.05) is 19.6 Å². The van der Waals surface area contributed by atoms with Gasteiger partial charge in [-0.05, 0) is 12.1 Å². The maximum Gasteiger partial charge on any atom is 0.255 e. The highest BCUT2D eigenvalue weighted by molar-refractivity contribution is 6.07. The number of nitrogens with one attached hydrogen (secondary N) is 1. The quantitative estimate of drug-likeness (QED) is 0.820. The van der Waals surface area contributed by atoms with Crippen LogP contribution in [0.1, 0.15) is 10.4 Å². The van der Waals surface area contributed by atoms with Crippen LogP contribution in [-0.2, 0) is 4.79 Å². The first-order valence-corrected chi connectivity index (χ1v) is 6.83. The molecule has 0 radical (unpaired) electrons. The zero-order chi connectivity index (χ0) is 14.8. The third-order valence-corrected chi connectivity index (χ3v) is 3.71. The number of para-hydroxylation sites is 1. The van der Waals surface area contributed by atoms with E-state index in [0.717, 1.165) is 10.9 Å². The number of amides is 2. The number of primary amides is 1. The van der Waals surface area contributed by atoms with Crippen molar-refractivity contribution in [3.63, 3.8) is 0 Å². The van der Waals surface area contributed by atoms with E-state index in [-0.39, 0.29) is 5.91 Å². The molecule has 2 amide bonds. The highest BCUT2D eigenvalue weighted by atomic mass is 16.2. The lowest BCUT2D eigenvalue weighted by atomic mass is 10.1. The van der Waals surface area contributed by atoms with Crippen LogP contribution >= 0.6 is 0 Å². The summed E-state index contributed by atoms with van der Waals surface area (Å²) in [6, 6.07) is 8.53. The minimum absolute atomic E-state index is 0.182. The fourth-order valence-electron chi connectivity index (χ4n) is 2.64. The van der Waals surface area contributed by atoms with E-state index in [1.807, 2.05) is 24.3 Å². The predicted octanol–water partition coefficient (Wildman–Crippen LogP) is 0.134. The Hall–Kier alpha value is -2.47. The van der Waals surface area contributed by atoms with Crippen LogP contribution in [0.2, 0.25) is 0 Å². The number of fused-ring (bicyclic) bond motifs is 1. The molecule has 1 aromatic carbocycles. The molecule has 1 fully saturated rings. The topological polar surface area (TPSA) is 88.3 Å². The van der Waals surface area contributed by atoms with Crippen molar-refractivity contribution in [2.24, 2.45) is 5.73 Å². The number of nitrogens with zero attached hydrogens (tertiary/aromatic N) is 2. The van der Waals surface area contributed by atoms with E-state index in [0.29, 0.717) is 25.2 Å². The summed E-state index contributed by atoms with van der Waals surface area (Å²) in [4.78, 5) is 30.1. The molecule has 6 nitrogen and oxygen atoms in total. The van der Waals surface area contributed by atoms with Gasteiger partial charge in [0.15, 0.2) is 0 Å². The lowest BCUT2D eigenvalue weighted by Gasteiger charge is -2.34. The van der Waals surface area contributed by atoms with Gasteiger partial charge in [0.1, 0.15) is 6.04 Å². The van der Waals surface area contributed by atoms with Crippen LogP contribution in [0.5, 0.6) is 0 Å². The Bertz CT molecular complexity index is 696. The molecule has 3 rings (SSSR count). The van der Waals surface area contributed by atoms with Crippen molar-refractivity contribution in [3.05, 3.63) is 42.1 Å². The number of aromatic nitrogens is 1. The normalized spacial score (nSPS) is 18.7. The van der Waals surface area contributed by atoms with Crippen molar-refractivity contribution in [3.8, 4) is 0 Å². The number of carbonyl (C=O) groups is 2. The summed E-state index contributed by atoms with van der Waals surface area (Å²) in [6.07, 6.45) is 1.61. The minimum Gasteiger partial charge on any atom is -0.368 e. The Morgan fingerprint density at radius 1 is 1.29 bits per heavy atom. The van der Waals surface area contributed by atoms with E-state index in [1.54, 1.807) is 17.2 Å². The van der Waals surface area contributed by atoms with Crippen molar-refractivity contribution >= 4 is 22.7 Å². The monoisotopic (exact) mass is 284 g/mol. The summed E-state index contributed by atoms with van der Waals surface area (Å²) in [6.45, 7) is 1.51. The van der Waals surface area contributed by atoms with Gasteiger partial charge in [-0.2, -0.15) is 0 Å². The summed E-state index contributed by atoms with van der Waals surface area (Å²) in [5, 5.41) is 3.87. The molecule has 2 heterocycles. The van der Waals surface area contributed by atoms with Crippen molar-refractivity contribution in [2.45, 2.75) is 6.04 Å². The highest BCUT2D eigenvalue weighted by Gasteiger charge is 2.31. The van der Waals surface area contributed by atoms with Gasteiger partial charge >= 0.3 is 0 Å². The first-order valence-electron chi connectivity index (χ1n) is 6.83. The van der Waals surface area contributed by atoms with Gasteiger partial charge in [0.25, 0.3) is 5.91 Å². The van der Waals surface area contributed by atoms with E-state index < -0.39 is 11.9 Å². The molecule has 0 aliphatic carbocycles. The summed E-state index contributed by atoms with van der Waals surface area (Å²) in [5.41, 5.74) is 6.71. The van der Waals surface area contributed by atoms with Crippen LogP contribution in [0.4, 0.5) is 0 Å². The molecular weight excluding hydrogens is 268 g/mol. The van der Waals surface area contributed by atoms with Gasteiger partial charge in [0.2, 0.25) is 5.91 Å². The van der Waals surface area contributed by atoms with Crippen molar-refractivity contribution in [1.82, 2.24) is 15.2 Å². The molecule has 21 heavy (non-hydrogen) atoms. The largest absolute Gasteiger partial charge is 0.368 e. The van der Waals surface area contributed by atoms with Gasteiger partial charge in [-0.3, -0.25) is 14.6 Å². The third-order valence-electron chi connectivity index (χ3n) is 3.71. The lowest BCUT2D eigenvalue weighted by Crippen LogP contribution is -2.58. The number of hydrogen-bond acceptors (Lipinski definition) is 4. The number of hydrogen-bond donors (Lipinski definition) is 2. The molecule has 1 atom stereocenters. The summed E-state index contributed by atoms with van der Waals surface area (Å²) >= 11 is 0. The predicted molar refractivity (Wildman–Crippen MR) is 78.6 cm³/mol. The molecule has 0 saturated carbocycles. The fourth-order valence-corrected chi connectivity index (χ4v) is 2.64. The van der Waals surface area contributed by atoms with Gasteiger partial charge in [0, 0.05) is 31.2 Å². The Labute approximate surface area is 121 Å². The van der Waals surface area contributed by atoms with Crippen LogP contribution in [0.25, 0.3) is 10.9 Å². The fraction of sp³-hybridized carbons (Fsp3) is 0.267. The van der Waals surface area contributed by atoms with E-state index in [4.69, 9.17) is 5.73 Å². The standard InChI is InChI=1S/C15H16N4O2/c16-14(20)13-9-17-7-8-19(13)15(21)11-5-6-18-12-4-2-1-3-10(11)12/h1-6,13,17H,7-9H2,(H2,16,20). The second-order valence-corrected chi connectivity index (χ2v) is 5.00. The maximum atomic E-state index is 12.8. The van der Waals surface area contributed by atoms with Crippen LogP contribution in [0.15, 0.2) is 36.5 Å². The molecule has 1 aliphatic rings. The zero-order valence-electron chi connectivity index (χ0n) is 11.5. The van der Waals surface area contributed by atoms with E-state index in [1.165, 1.54) is 0 Å². The van der Waals surface area contributed by atoms with Gasteiger partial charge in [0.05, 0.1) is 11.1 Å². The SMILES string of the molecule is NC(=O)C1CNCCN1C(=O)c1ccnc2ccccc12. The number of benzene rings is 1. The number of pyridine rings is 1. The average molecular weight is 284 g/mol. The molecule has 0 spiro atoms. The Kier molecular flexibility index (Phi) is 3.53. The van der Waals surface area contributed by atoms with Gasteiger partial charge in [-0.1, -0.05) is 18.2 Å². The Morgan fingerprint density at radius 3 is 2.90 bits per heavy atom. The number of nitrogens with two attached hydrogens (primary N) is 1. The zero-order valence-corrected chi connectivity index (χ0v) is 11.5. The van der Waals surface area contributed by atoms with Crippen molar-refractivity contribution in [1.29, 1.82) is 0 Å². The molecule has 2 aromatic rings. The molecule has 6 heteroatoms. The Balaban J connectivity index is 2.01.